The zero-order valence-electron chi connectivity index (χ0n) is 41.3. The highest BCUT2D eigenvalue weighted by atomic mass is 14.4. The zero-order chi connectivity index (χ0) is 47.8. The van der Waals surface area contributed by atoms with Crippen molar-refractivity contribution in [2.75, 3.05) is 0 Å². The lowest BCUT2D eigenvalue weighted by atomic mass is 9.77. The third-order valence-electron chi connectivity index (χ3n) is 16.7. The Labute approximate surface area is 413 Å². The Kier molecular flexibility index (Phi) is 9.13. The summed E-state index contributed by atoms with van der Waals surface area (Å²) in [6, 6.07) is 69.7. The SMILES string of the molecule is C=CC1=C(/C=C\C)c2ccc(-c3c4ccc(-c5ccc6cc(-c7ccccc7)ccc6c5)cc4c(-c4ccc5c(c4)C(C)(C)c4ccccc4-5)c4cc5c(cc34)-c3ccccc3C5(C)C)cc2C1(C)C. The predicted octanol–water partition coefficient (Wildman–Crippen LogP) is 19.2. The number of fused-ring (bicyclic) bond motifs is 10. The first-order valence-corrected chi connectivity index (χ1v) is 25.1. The van der Waals surface area contributed by atoms with Gasteiger partial charge in [-0.3, -0.25) is 0 Å². The predicted molar refractivity (Wildman–Crippen MR) is 301 cm³/mol. The second-order valence-corrected chi connectivity index (χ2v) is 21.6. The van der Waals surface area contributed by atoms with Crippen molar-refractivity contribution in [1.82, 2.24) is 0 Å². The first kappa shape index (κ1) is 42.3. The molecular formula is C70H56. The Balaban J connectivity index is 1.12. The second-order valence-electron chi connectivity index (χ2n) is 21.6. The lowest BCUT2D eigenvalue weighted by Crippen LogP contribution is -2.16. The summed E-state index contributed by atoms with van der Waals surface area (Å²) in [4.78, 5) is 0. The fourth-order valence-corrected chi connectivity index (χ4v) is 13.1. The molecule has 3 aliphatic rings. The Morgan fingerprint density at radius 2 is 0.814 bits per heavy atom. The van der Waals surface area contributed by atoms with E-state index in [1.807, 2.05) is 0 Å². The maximum absolute atomic E-state index is 4.33. The Morgan fingerprint density at radius 1 is 0.343 bits per heavy atom. The van der Waals surface area contributed by atoms with Gasteiger partial charge in [0.2, 0.25) is 0 Å². The number of rotatable bonds is 6. The van der Waals surface area contributed by atoms with Crippen LogP contribution in [-0.2, 0) is 16.2 Å². The Morgan fingerprint density at radius 3 is 1.46 bits per heavy atom. The van der Waals surface area contributed by atoms with Crippen LogP contribution in [0.4, 0.5) is 0 Å². The molecule has 336 valence electrons. The fraction of sp³-hybridized carbons (Fsp3) is 0.143. The zero-order valence-corrected chi connectivity index (χ0v) is 41.3. The highest BCUT2D eigenvalue weighted by Crippen LogP contribution is 2.56. The first-order valence-electron chi connectivity index (χ1n) is 25.1. The van der Waals surface area contributed by atoms with Gasteiger partial charge in [0.15, 0.2) is 0 Å². The summed E-state index contributed by atoms with van der Waals surface area (Å²) >= 11 is 0. The maximum atomic E-state index is 4.33. The average molecular weight is 897 g/mol. The Hall–Kier alpha value is -7.80. The van der Waals surface area contributed by atoms with Gasteiger partial charge in [-0.2, -0.15) is 0 Å². The molecule has 0 heterocycles. The van der Waals surface area contributed by atoms with Crippen molar-refractivity contribution in [3.63, 3.8) is 0 Å². The number of benzene rings is 10. The van der Waals surface area contributed by atoms with Crippen molar-refractivity contribution in [2.45, 2.75) is 64.7 Å². The lowest BCUT2D eigenvalue weighted by molar-refractivity contribution is 0.655. The van der Waals surface area contributed by atoms with E-state index in [2.05, 4.69) is 255 Å². The van der Waals surface area contributed by atoms with Gasteiger partial charge in [-0.15, -0.1) is 0 Å². The van der Waals surface area contributed by atoms with Crippen LogP contribution in [0.2, 0.25) is 0 Å². The summed E-state index contributed by atoms with van der Waals surface area (Å²) in [7, 11) is 0. The number of hydrogen-bond acceptors (Lipinski definition) is 0. The summed E-state index contributed by atoms with van der Waals surface area (Å²) in [5, 5.41) is 7.57. The molecule has 10 aromatic rings. The molecular weight excluding hydrogens is 841 g/mol. The van der Waals surface area contributed by atoms with Crippen LogP contribution in [-0.4, -0.2) is 0 Å². The molecule has 0 nitrogen and oxygen atoms in total. The number of hydrogen-bond donors (Lipinski definition) is 0. The van der Waals surface area contributed by atoms with Gasteiger partial charge in [-0.1, -0.05) is 206 Å². The van der Waals surface area contributed by atoms with E-state index >= 15 is 0 Å². The minimum absolute atomic E-state index is 0.142. The molecule has 0 aromatic heterocycles. The molecule has 0 radical (unpaired) electrons. The van der Waals surface area contributed by atoms with E-state index in [-0.39, 0.29) is 16.2 Å². The molecule has 0 spiro atoms. The summed E-state index contributed by atoms with van der Waals surface area (Å²) in [5.41, 5.74) is 25.5. The molecule has 3 aliphatic carbocycles. The maximum Gasteiger partial charge on any atom is 0.0159 e. The quantitative estimate of drug-likeness (QED) is 0.146. The van der Waals surface area contributed by atoms with Gasteiger partial charge in [0.1, 0.15) is 0 Å². The number of allylic oxidation sites excluding steroid dienone is 5. The highest BCUT2D eigenvalue weighted by Gasteiger charge is 2.39. The van der Waals surface area contributed by atoms with E-state index in [0.717, 1.165) is 0 Å². The van der Waals surface area contributed by atoms with Crippen LogP contribution < -0.4 is 0 Å². The summed E-state index contributed by atoms with van der Waals surface area (Å²) in [5.74, 6) is 0. The molecule has 0 aliphatic heterocycles. The molecule has 0 saturated carbocycles. The molecule has 10 aromatic carbocycles. The lowest BCUT2D eigenvalue weighted by Gasteiger charge is -2.26. The van der Waals surface area contributed by atoms with Crippen LogP contribution in [0.3, 0.4) is 0 Å². The van der Waals surface area contributed by atoms with Crippen LogP contribution in [0.1, 0.15) is 81.8 Å². The third-order valence-corrected chi connectivity index (χ3v) is 16.7. The van der Waals surface area contributed by atoms with Gasteiger partial charge in [-0.25, -0.2) is 0 Å². The van der Waals surface area contributed by atoms with Crippen molar-refractivity contribution in [3.05, 3.63) is 246 Å². The third kappa shape index (κ3) is 5.96. The van der Waals surface area contributed by atoms with E-state index in [9.17, 15) is 0 Å². The first-order chi connectivity index (χ1) is 33.9. The molecule has 0 fully saturated rings. The van der Waals surface area contributed by atoms with Crippen LogP contribution in [0.5, 0.6) is 0 Å². The van der Waals surface area contributed by atoms with Gasteiger partial charge in [0, 0.05) is 16.2 Å². The second kappa shape index (κ2) is 15.1. The van der Waals surface area contributed by atoms with E-state index in [4.69, 9.17) is 0 Å². The molecule has 13 rings (SSSR count). The van der Waals surface area contributed by atoms with Crippen molar-refractivity contribution >= 4 is 37.9 Å². The summed E-state index contributed by atoms with van der Waals surface area (Å²) < 4.78 is 0. The van der Waals surface area contributed by atoms with Gasteiger partial charge >= 0.3 is 0 Å². The van der Waals surface area contributed by atoms with E-state index < -0.39 is 0 Å². The minimum Gasteiger partial charge on any atom is -0.0987 e. The molecule has 0 atom stereocenters. The van der Waals surface area contributed by atoms with Gasteiger partial charge in [-0.05, 0) is 193 Å². The summed E-state index contributed by atoms with van der Waals surface area (Å²) in [6.07, 6.45) is 6.49. The van der Waals surface area contributed by atoms with E-state index in [0.29, 0.717) is 0 Å². The van der Waals surface area contributed by atoms with Crippen molar-refractivity contribution < 1.29 is 0 Å². The highest BCUT2D eigenvalue weighted by molar-refractivity contribution is 6.23. The van der Waals surface area contributed by atoms with Crippen molar-refractivity contribution in [1.29, 1.82) is 0 Å². The average Bonchev–Trinajstić information content (AvgIpc) is 3.85. The minimum atomic E-state index is -0.211. The molecule has 0 bridgehead atoms. The van der Waals surface area contributed by atoms with Crippen molar-refractivity contribution in [3.8, 4) is 66.8 Å². The van der Waals surface area contributed by atoms with Gasteiger partial charge in [0.05, 0.1) is 0 Å². The standard InChI is InChI=1S/C70H56/c1-9-18-50-53-32-30-48(38-63(53)68(3,4)60(50)10-2)66-55-34-29-47(46-28-27-44-35-43(25-26-45(44)36-46)42-19-12-11-13-20-42)37-57(55)67(49-31-33-54-51-21-14-16-23-61(51)69(5,6)64(54)39-49)59-41-65-56(40-58(59)66)52-22-15-17-24-62(52)70(65,7)8/h9-41H,2H2,1,3-8H3/b18-9-. The van der Waals surface area contributed by atoms with Crippen molar-refractivity contribution in [2.24, 2.45) is 0 Å². The molecule has 0 amide bonds. The van der Waals surface area contributed by atoms with E-state index in [1.54, 1.807) is 0 Å². The largest absolute Gasteiger partial charge is 0.0987 e. The summed E-state index contributed by atoms with van der Waals surface area (Å²) in [6.45, 7) is 20.8. The Bertz CT molecular complexity index is 3970. The smallest absolute Gasteiger partial charge is 0.0159 e. The molecule has 0 N–H and O–H groups in total. The normalized spacial score (nSPS) is 15.6. The van der Waals surface area contributed by atoms with Crippen LogP contribution >= 0.6 is 0 Å². The molecule has 0 heteroatoms. The van der Waals surface area contributed by atoms with E-state index in [1.165, 1.54) is 144 Å². The van der Waals surface area contributed by atoms with Gasteiger partial charge < -0.3 is 0 Å². The topological polar surface area (TPSA) is 0 Å². The fourth-order valence-electron chi connectivity index (χ4n) is 13.1. The van der Waals surface area contributed by atoms with Crippen LogP contribution in [0, 0.1) is 0 Å². The molecule has 0 saturated heterocycles. The van der Waals surface area contributed by atoms with Crippen LogP contribution in [0.25, 0.3) is 105 Å². The monoisotopic (exact) mass is 896 g/mol. The molecule has 70 heavy (non-hydrogen) atoms. The molecule has 0 unspecified atom stereocenters. The van der Waals surface area contributed by atoms with Gasteiger partial charge in [0.25, 0.3) is 0 Å². The van der Waals surface area contributed by atoms with Crippen LogP contribution in [0.15, 0.2) is 212 Å².